The molecule has 0 aromatic heterocycles. The fourth-order valence-electron chi connectivity index (χ4n) is 1.35. The summed E-state index contributed by atoms with van der Waals surface area (Å²) < 4.78 is 23.9. The molecule has 0 aliphatic rings. The molecule has 6 nitrogen and oxygen atoms in total. The number of carbonyl (C=O) groups excluding carboxylic acids is 1. The lowest BCUT2D eigenvalue weighted by atomic mass is 10.4. The predicted octanol–water partition coefficient (Wildman–Crippen LogP) is -1.00. The Labute approximate surface area is 109 Å². The lowest BCUT2D eigenvalue weighted by Crippen LogP contribution is -2.36. The first-order valence-corrected chi connectivity index (χ1v) is 7.62. The minimum absolute atomic E-state index is 0.146. The number of hydrogen-bond donors (Lipinski definition) is 2. The van der Waals surface area contributed by atoms with Gasteiger partial charge in [0.2, 0.25) is 15.9 Å². The number of hydrogen-bond acceptors (Lipinski definition) is 4. The summed E-state index contributed by atoms with van der Waals surface area (Å²) in [6, 6.07) is 0. The zero-order chi connectivity index (χ0) is 14.0. The average Bonchev–Trinajstić information content (AvgIpc) is 2.27. The van der Waals surface area contributed by atoms with Crippen molar-refractivity contribution in [2.45, 2.75) is 13.3 Å². The molecule has 0 spiro atoms. The molecule has 0 aliphatic heterocycles. The van der Waals surface area contributed by atoms with Crippen molar-refractivity contribution in [3.8, 4) is 12.3 Å². The quantitative estimate of drug-likeness (QED) is 0.418. The molecule has 0 aromatic rings. The molecule has 0 aromatic carbocycles. The molecule has 0 saturated carbocycles. The van der Waals surface area contributed by atoms with Crippen LogP contribution in [-0.4, -0.2) is 57.6 Å². The van der Waals surface area contributed by atoms with E-state index in [1.54, 1.807) is 6.92 Å². The third-order valence-electron chi connectivity index (χ3n) is 2.24. The van der Waals surface area contributed by atoms with E-state index in [1.807, 2.05) is 0 Å². The van der Waals surface area contributed by atoms with Gasteiger partial charge in [-0.25, -0.2) is 12.7 Å². The largest absolute Gasteiger partial charge is 0.355 e. The van der Waals surface area contributed by atoms with Crippen molar-refractivity contribution in [2.75, 3.05) is 39.0 Å². The van der Waals surface area contributed by atoms with Crippen molar-refractivity contribution in [3.05, 3.63) is 0 Å². The first-order valence-electron chi connectivity index (χ1n) is 5.77. The number of sulfonamides is 1. The van der Waals surface area contributed by atoms with Crippen LogP contribution in [0, 0.1) is 12.3 Å². The number of carbonyl (C=O) groups is 1. The van der Waals surface area contributed by atoms with Gasteiger partial charge in [0.1, 0.15) is 0 Å². The molecule has 0 fully saturated rings. The first-order chi connectivity index (χ1) is 8.41. The fourth-order valence-corrected chi connectivity index (χ4v) is 2.28. The van der Waals surface area contributed by atoms with E-state index in [4.69, 9.17) is 6.42 Å². The van der Waals surface area contributed by atoms with E-state index in [1.165, 1.54) is 10.6 Å². The smallest absolute Gasteiger partial charge is 0.233 e. The summed E-state index contributed by atoms with van der Waals surface area (Å²) >= 11 is 0. The molecule has 0 heterocycles. The maximum atomic E-state index is 11.3. The Morgan fingerprint density at radius 3 is 2.61 bits per heavy atom. The van der Waals surface area contributed by atoms with Crippen LogP contribution in [0.1, 0.15) is 13.3 Å². The molecule has 104 valence electrons. The summed E-state index contributed by atoms with van der Waals surface area (Å²) in [6.07, 6.45) is 6.78. The van der Waals surface area contributed by atoms with Gasteiger partial charge in [0, 0.05) is 19.6 Å². The van der Waals surface area contributed by atoms with Gasteiger partial charge in [-0.3, -0.25) is 10.1 Å². The molecule has 18 heavy (non-hydrogen) atoms. The van der Waals surface area contributed by atoms with Crippen LogP contribution in [-0.2, 0) is 14.8 Å². The van der Waals surface area contributed by atoms with Gasteiger partial charge in [-0.05, 0) is 6.42 Å². The lowest BCUT2D eigenvalue weighted by molar-refractivity contribution is -0.120. The van der Waals surface area contributed by atoms with E-state index in [0.29, 0.717) is 32.6 Å². The van der Waals surface area contributed by atoms with E-state index in [2.05, 4.69) is 16.6 Å². The van der Waals surface area contributed by atoms with Gasteiger partial charge in [-0.1, -0.05) is 12.8 Å². The molecule has 0 unspecified atom stereocenters. The zero-order valence-electron chi connectivity index (χ0n) is 10.9. The monoisotopic (exact) mass is 275 g/mol. The number of rotatable bonds is 9. The van der Waals surface area contributed by atoms with Gasteiger partial charge in [0.25, 0.3) is 0 Å². The second-order valence-electron chi connectivity index (χ2n) is 3.77. The van der Waals surface area contributed by atoms with Gasteiger partial charge in [-0.15, -0.1) is 6.42 Å². The van der Waals surface area contributed by atoms with Crippen LogP contribution in [0.15, 0.2) is 0 Å². The first kappa shape index (κ1) is 16.9. The summed E-state index contributed by atoms with van der Waals surface area (Å²) in [5.41, 5.74) is 0. The van der Waals surface area contributed by atoms with Crippen LogP contribution in [0.4, 0.5) is 0 Å². The van der Waals surface area contributed by atoms with Gasteiger partial charge in [0.15, 0.2) is 0 Å². The average molecular weight is 275 g/mol. The third kappa shape index (κ3) is 8.06. The van der Waals surface area contributed by atoms with Crippen molar-refractivity contribution in [1.82, 2.24) is 14.9 Å². The molecule has 1 amide bonds. The summed E-state index contributed by atoms with van der Waals surface area (Å²) in [6.45, 7) is 3.61. The number of amides is 1. The Hall–Kier alpha value is -1.10. The van der Waals surface area contributed by atoms with E-state index in [0.717, 1.165) is 0 Å². The molecular weight excluding hydrogens is 254 g/mol. The van der Waals surface area contributed by atoms with Gasteiger partial charge < -0.3 is 5.32 Å². The van der Waals surface area contributed by atoms with Crippen LogP contribution >= 0.6 is 0 Å². The minimum atomic E-state index is -3.15. The summed E-state index contributed by atoms with van der Waals surface area (Å²) in [5.74, 6) is 2.22. The Morgan fingerprint density at radius 2 is 2.11 bits per heavy atom. The molecule has 0 aliphatic carbocycles. The normalized spacial score (nSPS) is 11.2. The number of nitrogens with zero attached hydrogens (tertiary/aromatic N) is 1. The summed E-state index contributed by atoms with van der Waals surface area (Å²) in [5, 5.41) is 5.45. The van der Waals surface area contributed by atoms with E-state index < -0.39 is 10.0 Å². The highest BCUT2D eigenvalue weighted by molar-refractivity contribution is 7.88. The molecule has 7 heteroatoms. The van der Waals surface area contributed by atoms with Crippen molar-refractivity contribution in [1.29, 1.82) is 0 Å². The molecular formula is C11H21N3O3S. The molecule has 0 atom stereocenters. The Kier molecular flexibility index (Phi) is 8.37. The van der Waals surface area contributed by atoms with Crippen LogP contribution in [0.3, 0.4) is 0 Å². The third-order valence-corrected chi connectivity index (χ3v) is 3.62. The highest BCUT2D eigenvalue weighted by Gasteiger charge is 2.13. The Bertz CT molecular complexity index is 387. The standard InChI is InChI=1S/C11H21N3O3S/c1-4-7-12-10-11(15)13-8-6-9-14(5-2)18(3,16)17/h1,12H,5-10H2,2-3H3,(H,13,15). The van der Waals surface area contributed by atoms with Crippen molar-refractivity contribution in [3.63, 3.8) is 0 Å². The number of terminal acetylenes is 1. The molecule has 0 radical (unpaired) electrons. The Balaban J connectivity index is 3.73. The second-order valence-corrected chi connectivity index (χ2v) is 5.75. The minimum Gasteiger partial charge on any atom is -0.355 e. The molecule has 2 N–H and O–H groups in total. The van der Waals surface area contributed by atoms with Gasteiger partial charge >= 0.3 is 0 Å². The van der Waals surface area contributed by atoms with E-state index in [-0.39, 0.29) is 12.5 Å². The SMILES string of the molecule is C#CCNCC(=O)NCCCN(CC)S(C)(=O)=O. The fraction of sp³-hybridized carbons (Fsp3) is 0.727. The van der Waals surface area contributed by atoms with Crippen molar-refractivity contribution < 1.29 is 13.2 Å². The van der Waals surface area contributed by atoms with Gasteiger partial charge in [0.05, 0.1) is 19.3 Å². The Morgan fingerprint density at radius 1 is 1.44 bits per heavy atom. The maximum absolute atomic E-state index is 11.3. The summed E-state index contributed by atoms with van der Waals surface area (Å²) in [4.78, 5) is 11.3. The van der Waals surface area contributed by atoms with Crippen molar-refractivity contribution in [2.24, 2.45) is 0 Å². The molecule has 0 bridgehead atoms. The predicted molar refractivity (Wildman–Crippen MR) is 71.4 cm³/mol. The van der Waals surface area contributed by atoms with Gasteiger partial charge in [-0.2, -0.15) is 0 Å². The van der Waals surface area contributed by atoms with Crippen LogP contribution in [0.25, 0.3) is 0 Å². The topological polar surface area (TPSA) is 78.5 Å². The highest BCUT2D eigenvalue weighted by atomic mass is 32.2. The zero-order valence-corrected chi connectivity index (χ0v) is 11.7. The summed E-state index contributed by atoms with van der Waals surface area (Å²) in [7, 11) is -3.15. The molecule has 0 saturated heterocycles. The van der Waals surface area contributed by atoms with E-state index >= 15 is 0 Å². The number of nitrogens with one attached hydrogen (secondary N) is 2. The second kappa shape index (κ2) is 8.91. The molecule has 0 rings (SSSR count). The van der Waals surface area contributed by atoms with Crippen LogP contribution in [0.5, 0.6) is 0 Å². The van der Waals surface area contributed by atoms with Crippen LogP contribution in [0.2, 0.25) is 0 Å². The highest BCUT2D eigenvalue weighted by Crippen LogP contribution is 1.97. The maximum Gasteiger partial charge on any atom is 0.233 e. The van der Waals surface area contributed by atoms with E-state index in [9.17, 15) is 13.2 Å². The van der Waals surface area contributed by atoms with Crippen molar-refractivity contribution >= 4 is 15.9 Å². The lowest BCUT2D eigenvalue weighted by Gasteiger charge is -2.17. The van der Waals surface area contributed by atoms with Crippen LogP contribution < -0.4 is 10.6 Å².